The molecule has 2 rings (SSSR count). The Hall–Kier alpha value is -0.530. The van der Waals surface area contributed by atoms with E-state index in [2.05, 4.69) is 26.1 Å². The normalized spacial score (nSPS) is 44.2. The Morgan fingerprint density at radius 1 is 1.42 bits per heavy atom. The number of carbonyl (C=O) groups is 1. The molecule has 0 aromatic rings. The Balaban J connectivity index is 2.11. The van der Waals surface area contributed by atoms with E-state index in [-0.39, 0.29) is 5.91 Å². The summed E-state index contributed by atoms with van der Waals surface area (Å²) in [6, 6.07) is 0.384. The lowest BCUT2D eigenvalue weighted by Gasteiger charge is -2.13. The summed E-state index contributed by atoms with van der Waals surface area (Å²) in [5.74, 6) is 1.69. The second kappa shape index (κ2) is 2.24. The summed E-state index contributed by atoms with van der Waals surface area (Å²) in [5.41, 5.74) is 0.437. The third-order valence-corrected chi connectivity index (χ3v) is 3.71. The van der Waals surface area contributed by atoms with Gasteiger partial charge in [0.05, 0.1) is 0 Å². The van der Waals surface area contributed by atoms with Crippen LogP contribution >= 0.6 is 0 Å². The highest BCUT2D eigenvalue weighted by molar-refractivity contribution is 5.77. The minimum absolute atomic E-state index is 0.251. The van der Waals surface area contributed by atoms with Crippen LogP contribution < -0.4 is 5.32 Å². The lowest BCUT2D eigenvalue weighted by molar-refractivity contribution is -0.121. The predicted molar refractivity (Wildman–Crippen MR) is 47.6 cm³/mol. The van der Waals surface area contributed by atoms with E-state index < -0.39 is 0 Å². The summed E-state index contributed by atoms with van der Waals surface area (Å²) in [7, 11) is 0. The molecule has 0 spiro atoms. The molecule has 0 radical (unpaired) electrons. The van der Waals surface area contributed by atoms with Crippen LogP contribution in [0.25, 0.3) is 0 Å². The highest BCUT2D eigenvalue weighted by Gasteiger charge is 2.58. The van der Waals surface area contributed by atoms with Gasteiger partial charge < -0.3 is 5.32 Å². The molecule has 1 saturated heterocycles. The van der Waals surface area contributed by atoms with Gasteiger partial charge in [-0.3, -0.25) is 4.79 Å². The topological polar surface area (TPSA) is 29.1 Å². The maximum atomic E-state index is 11.3. The summed E-state index contributed by atoms with van der Waals surface area (Å²) in [5, 5.41) is 3.00. The molecule has 0 bridgehead atoms. The Kier molecular flexibility index (Phi) is 1.51. The molecule has 2 fully saturated rings. The molecule has 1 N–H and O–H groups in total. The first-order valence-electron chi connectivity index (χ1n) is 4.81. The van der Waals surface area contributed by atoms with E-state index in [9.17, 15) is 4.79 Å². The molecule has 1 heterocycles. The zero-order valence-corrected chi connectivity index (χ0v) is 8.05. The lowest BCUT2D eigenvalue weighted by atomic mass is 10.0. The van der Waals surface area contributed by atoms with E-state index in [4.69, 9.17) is 0 Å². The van der Waals surface area contributed by atoms with Crippen molar-refractivity contribution >= 4 is 5.91 Å². The summed E-state index contributed by atoms with van der Waals surface area (Å²) >= 11 is 0. The van der Waals surface area contributed by atoms with Crippen molar-refractivity contribution in [2.75, 3.05) is 0 Å². The Bertz CT molecular complexity index is 222. The van der Waals surface area contributed by atoms with Gasteiger partial charge in [0.15, 0.2) is 0 Å². The molecule has 0 aromatic carbocycles. The number of rotatable bonds is 0. The van der Waals surface area contributed by atoms with Crippen LogP contribution in [-0.4, -0.2) is 11.9 Å². The molecule has 68 valence electrons. The molecular weight excluding hydrogens is 150 g/mol. The standard InChI is InChI=1S/C10H17NO/c1-6-4-7-8(10(7,2)3)5-9(12)11-6/h6-8H,4-5H2,1-3H3,(H,11,12)/t6-,7-,8+/m0/s1. The molecule has 2 nitrogen and oxygen atoms in total. The highest BCUT2D eigenvalue weighted by Crippen LogP contribution is 2.62. The van der Waals surface area contributed by atoms with Crippen molar-refractivity contribution in [2.45, 2.75) is 39.7 Å². The van der Waals surface area contributed by atoms with Crippen LogP contribution in [0.1, 0.15) is 33.6 Å². The molecule has 12 heavy (non-hydrogen) atoms. The Morgan fingerprint density at radius 2 is 2.08 bits per heavy atom. The van der Waals surface area contributed by atoms with E-state index in [1.54, 1.807) is 0 Å². The fourth-order valence-electron chi connectivity index (χ4n) is 2.70. The fraction of sp³-hybridized carbons (Fsp3) is 0.900. The molecule has 2 aliphatic rings. The molecule has 1 aliphatic carbocycles. The van der Waals surface area contributed by atoms with Crippen LogP contribution in [-0.2, 0) is 4.79 Å². The van der Waals surface area contributed by atoms with Crippen molar-refractivity contribution in [3.05, 3.63) is 0 Å². The number of carbonyl (C=O) groups excluding carboxylic acids is 1. The van der Waals surface area contributed by atoms with Crippen molar-refractivity contribution in [1.29, 1.82) is 0 Å². The van der Waals surface area contributed by atoms with E-state index in [1.165, 1.54) is 6.42 Å². The van der Waals surface area contributed by atoms with Crippen LogP contribution in [0.3, 0.4) is 0 Å². The van der Waals surface area contributed by atoms with Crippen LogP contribution in [0.4, 0.5) is 0 Å². The molecular formula is C10H17NO. The molecule has 0 aromatic heterocycles. The largest absolute Gasteiger partial charge is 0.354 e. The van der Waals surface area contributed by atoms with Crippen molar-refractivity contribution in [3.63, 3.8) is 0 Å². The smallest absolute Gasteiger partial charge is 0.220 e. The quantitative estimate of drug-likeness (QED) is 0.583. The monoisotopic (exact) mass is 167 g/mol. The summed E-state index contributed by atoms with van der Waals surface area (Å²) in [4.78, 5) is 11.3. The number of fused-ring (bicyclic) bond motifs is 1. The first kappa shape index (κ1) is 8.09. The van der Waals surface area contributed by atoms with Gasteiger partial charge in [-0.25, -0.2) is 0 Å². The van der Waals surface area contributed by atoms with E-state index in [1.807, 2.05) is 0 Å². The van der Waals surface area contributed by atoms with Gasteiger partial charge in [0.1, 0.15) is 0 Å². The van der Waals surface area contributed by atoms with Gasteiger partial charge in [-0.05, 0) is 30.6 Å². The fourth-order valence-corrected chi connectivity index (χ4v) is 2.70. The van der Waals surface area contributed by atoms with Crippen molar-refractivity contribution in [3.8, 4) is 0 Å². The SMILES string of the molecule is C[C@H]1C[C@H]2[C@@H](CC(=O)N1)C2(C)C. The first-order valence-corrected chi connectivity index (χ1v) is 4.81. The van der Waals surface area contributed by atoms with Crippen LogP contribution in [0, 0.1) is 17.3 Å². The lowest BCUT2D eigenvalue weighted by Crippen LogP contribution is -2.32. The Morgan fingerprint density at radius 3 is 2.75 bits per heavy atom. The minimum atomic E-state index is 0.251. The van der Waals surface area contributed by atoms with E-state index in [0.717, 1.165) is 12.3 Å². The van der Waals surface area contributed by atoms with Crippen LogP contribution in [0.2, 0.25) is 0 Å². The molecule has 0 unspecified atom stereocenters. The molecule has 1 aliphatic heterocycles. The highest BCUT2D eigenvalue weighted by atomic mass is 16.1. The molecule has 1 amide bonds. The van der Waals surface area contributed by atoms with Gasteiger partial charge in [0, 0.05) is 12.5 Å². The average molecular weight is 167 g/mol. The number of nitrogens with one attached hydrogen (secondary N) is 1. The number of hydrogen-bond acceptors (Lipinski definition) is 1. The van der Waals surface area contributed by atoms with E-state index >= 15 is 0 Å². The third-order valence-electron chi connectivity index (χ3n) is 3.71. The second-order valence-corrected chi connectivity index (χ2v) is 4.94. The van der Waals surface area contributed by atoms with Gasteiger partial charge in [-0.1, -0.05) is 13.8 Å². The first-order chi connectivity index (χ1) is 5.51. The zero-order valence-electron chi connectivity index (χ0n) is 8.05. The maximum absolute atomic E-state index is 11.3. The van der Waals surface area contributed by atoms with Gasteiger partial charge in [-0.2, -0.15) is 0 Å². The van der Waals surface area contributed by atoms with Gasteiger partial charge >= 0.3 is 0 Å². The summed E-state index contributed by atoms with van der Waals surface area (Å²) in [6.07, 6.45) is 1.92. The Labute approximate surface area is 73.7 Å². The molecule has 3 atom stereocenters. The number of hydrogen-bond donors (Lipinski definition) is 1. The maximum Gasteiger partial charge on any atom is 0.220 e. The molecule has 1 saturated carbocycles. The van der Waals surface area contributed by atoms with Gasteiger partial charge in [-0.15, -0.1) is 0 Å². The third kappa shape index (κ3) is 1.05. The zero-order chi connectivity index (χ0) is 8.93. The van der Waals surface area contributed by atoms with Crippen LogP contribution in [0.5, 0.6) is 0 Å². The predicted octanol–water partition coefficient (Wildman–Crippen LogP) is 1.56. The average Bonchev–Trinajstić information content (AvgIpc) is 2.45. The second-order valence-electron chi connectivity index (χ2n) is 4.94. The van der Waals surface area contributed by atoms with Crippen molar-refractivity contribution in [2.24, 2.45) is 17.3 Å². The van der Waals surface area contributed by atoms with Crippen molar-refractivity contribution < 1.29 is 4.79 Å². The van der Waals surface area contributed by atoms with Crippen molar-refractivity contribution in [1.82, 2.24) is 5.32 Å². The van der Waals surface area contributed by atoms with E-state index in [0.29, 0.717) is 17.4 Å². The number of amides is 1. The summed E-state index contributed by atoms with van der Waals surface area (Å²) in [6.45, 7) is 6.68. The van der Waals surface area contributed by atoms with Gasteiger partial charge in [0.2, 0.25) is 5.91 Å². The van der Waals surface area contributed by atoms with Crippen LogP contribution in [0.15, 0.2) is 0 Å². The minimum Gasteiger partial charge on any atom is -0.354 e. The summed E-state index contributed by atoms with van der Waals surface area (Å²) < 4.78 is 0. The van der Waals surface area contributed by atoms with Gasteiger partial charge in [0.25, 0.3) is 0 Å². The molecule has 2 heteroatoms.